The van der Waals surface area contributed by atoms with Gasteiger partial charge in [-0.15, -0.1) is 11.5 Å². The summed E-state index contributed by atoms with van der Waals surface area (Å²) in [4.78, 5) is 0. The van der Waals surface area contributed by atoms with Crippen LogP contribution in [0.15, 0.2) is 48.5 Å². The van der Waals surface area contributed by atoms with Crippen molar-refractivity contribution < 1.29 is 10.2 Å². The summed E-state index contributed by atoms with van der Waals surface area (Å²) in [5.41, 5.74) is 2.61. The molecule has 2 aromatic rings. The Bertz CT molecular complexity index is 676. The first-order valence-electron chi connectivity index (χ1n) is 16.2. The van der Waals surface area contributed by atoms with E-state index in [0.717, 1.165) is 12.8 Å². The minimum atomic E-state index is 0. The molecule has 0 saturated carbocycles. The molecule has 3 heteroatoms. The van der Waals surface area contributed by atoms with Gasteiger partial charge in [-0.3, -0.25) is 0 Å². The third kappa shape index (κ3) is 24.8. The van der Waals surface area contributed by atoms with Crippen molar-refractivity contribution in [3.05, 3.63) is 59.7 Å². The zero-order valence-electron chi connectivity index (χ0n) is 25.7. The van der Waals surface area contributed by atoms with Crippen molar-refractivity contribution in [1.29, 1.82) is 0 Å². The van der Waals surface area contributed by atoms with Gasteiger partial charge in [0, 0.05) is 0 Å². The molecule has 0 atom stereocenters. The molecular weight excluding hydrogens is 504 g/mol. The van der Waals surface area contributed by atoms with Crippen LogP contribution in [-0.4, -0.2) is 37.7 Å². The van der Waals surface area contributed by atoms with Crippen molar-refractivity contribution in [3.8, 4) is 11.5 Å². The van der Waals surface area contributed by atoms with Gasteiger partial charge in [0.05, 0.1) is 0 Å². The zero-order valence-corrected chi connectivity index (χ0v) is 27.9. The van der Waals surface area contributed by atoms with E-state index >= 15 is 0 Å². The van der Waals surface area contributed by atoms with E-state index in [1.807, 2.05) is 24.3 Å². The molecule has 0 saturated heterocycles. The Kier molecular flexibility index (Phi) is 28.3. The third-order valence-corrected chi connectivity index (χ3v) is 7.48. The van der Waals surface area contributed by atoms with Crippen molar-refractivity contribution in [1.82, 2.24) is 0 Å². The molecule has 0 aliphatic heterocycles. The summed E-state index contributed by atoms with van der Waals surface area (Å²) in [5, 5.41) is 21.9. The maximum absolute atomic E-state index is 11.0. The average Bonchev–Trinajstić information content (AvgIpc) is 2.93. The van der Waals surface area contributed by atoms with Crippen LogP contribution in [0.1, 0.15) is 153 Å². The Hall–Kier alpha value is -0.700. The number of hydrogen-bond acceptors (Lipinski definition) is 2. The molecule has 216 valence electrons. The van der Waals surface area contributed by atoms with E-state index in [4.69, 9.17) is 0 Å². The second kappa shape index (κ2) is 28.8. The van der Waals surface area contributed by atoms with Gasteiger partial charge in [-0.25, -0.2) is 0 Å². The molecule has 2 nitrogen and oxygen atoms in total. The minimum absolute atomic E-state index is 0. The van der Waals surface area contributed by atoms with Gasteiger partial charge in [0.15, 0.2) is 0 Å². The first-order valence-corrected chi connectivity index (χ1v) is 16.2. The van der Waals surface area contributed by atoms with Crippen molar-refractivity contribution >= 4 is 37.7 Å². The molecule has 0 spiro atoms. The molecular formula is C36H58CaO2. The number of benzene rings is 2. The quantitative estimate of drug-likeness (QED) is 0.106. The molecule has 0 heterocycles. The summed E-state index contributed by atoms with van der Waals surface area (Å²) in [6, 6.07) is 14.6. The molecule has 39 heavy (non-hydrogen) atoms. The first-order chi connectivity index (χ1) is 18.7. The Morgan fingerprint density at radius 3 is 0.846 bits per heavy atom. The molecule has 2 rings (SSSR count). The summed E-state index contributed by atoms with van der Waals surface area (Å²) in [6.45, 7) is 4.54. The van der Waals surface area contributed by atoms with Crippen LogP contribution in [0.2, 0.25) is 0 Å². The van der Waals surface area contributed by atoms with Gasteiger partial charge in [-0.2, -0.15) is 0 Å². The monoisotopic (exact) mass is 562 g/mol. The van der Waals surface area contributed by atoms with Crippen molar-refractivity contribution in [2.45, 2.75) is 155 Å². The van der Waals surface area contributed by atoms with E-state index in [1.165, 1.54) is 140 Å². The van der Waals surface area contributed by atoms with Crippen LogP contribution in [0.25, 0.3) is 0 Å². The molecule has 0 amide bonds. The Morgan fingerprint density at radius 2 is 0.590 bits per heavy atom. The Morgan fingerprint density at radius 1 is 0.359 bits per heavy atom. The fraction of sp³-hybridized carbons (Fsp3) is 0.667. The molecule has 0 radical (unpaired) electrons. The van der Waals surface area contributed by atoms with Crippen molar-refractivity contribution in [2.24, 2.45) is 0 Å². The normalized spacial score (nSPS) is 10.5. The van der Waals surface area contributed by atoms with Gasteiger partial charge < -0.3 is 10.2 Å². The van der Waals surface area contributed by atoms with Gasteiger partial charge in [0.1, 0.15) is 0 Å². The van der Waals surface area contributed by atoms with Crippen molar-refractivity contribution in [2.75, 3.05) is 0 Å². The van der Waals surface area contributed by atoms with E-state index in [2.05, 4.69) is 13.8 Å². The van der Waals surface area contributed by atoms with Crippen LogP contribution in [-0.2, 0) is 12.8 Å². The third-order valence-electron chi connectivity index (χ3n) is 7.48. The minimum Gasteiger partial charge on any atom is -0.872 e. The van der Waals surface area contributed by atoms with E-state index in [1.54, 1.807) is 24.3 Å². The predicted octanol–water partition coefficient (Wildman–Crippen LogP) is 10.1. The van der Waals surface area contributed by atoms with E-state index in [9.17, 15) is 10.2 Å². The fourth-order valence-corrected chi connectivity index (χ4v) is 4.95. The van der Waals surface area contributed by atoms with Crippen LogP contribution in [0.3, 0.4) is 0 Å². The number of aryl methyl sites for hydroxylation is 2. The summed E-state index contributed by atoms with van der Waals surface area (Å²) < 4.78 is 0. The maximum atomic E-state index is 11.0. The SMILES string of the molecule is CCCCCCCCCCCCc1ccc([O-])cc1.CCCCCCCCCCCCc1ccc([O-])cc1.[Ca+2]. The number of hydrogen-bond donors (Lipinski definition) is 0. The first kappa shape index (κ1) is 38.3. The second-order valence-electron chi connectivity index (χ2n) is 11.2. The van der Waals surface area contributed by atoms with Crippen molar-refractivity contribution in [3.63, 3.8) is 0 Å². The van der Waals surface area contributed by atoms with Gasteiger partial charge >= 0.3 is 37.7 Å². The fourth-order valence-electron chi connectivity index (χ4n) is 4.95. The van der Waals surface area contributed by atoms with Gasteiger partial charge in [-0.05, 0) is 36.8 Å². The maximum Gasteiger partial charge on any atom is 2.00 e. The van der Waals surface area contributed by atoms with Gasteiger partial charge in [-0.1, -0.05) is 178 Å². The topological polar surface area (TPSA) is 46.1 Å². The summed E-state index contributed by atoms with van der Waals surface area (Å²) >= 11 is 0. The number of rotatable bonds is 22. The standard InChI is InChI=1S/2C18H30O.Ca/c2*1-2-3-4-5-6-7-8-9-10-11-12-17-13-15-18(19)16-14-17;/h2*13-16,19H,2-12H2,1H3;/q;;+2/p-2. The average molecular weight is 563 g/mol. The molecule has 0 unspecified atom stereocenters. The molecule has 0 aliphatic rings. The van der Waals surface area contributed by atoms with Gasteiger partial charge in [0.2, 0.25) is 0 Å². The largest absolute Gasteiger partial charge is 2.00 e. The summed E-state index contributed by atoms with van der Waals surface area (Å²) in [7, 11) is 0. The molecule has 0 bridgehead atoms. The predicted molar refractivity (Wildman–Crippen MR) is 169 cm³/mol. The van der Waals surface area contributed by atoms with Gasteiger partial charge in [0.25, 0.3) is 0 Å². The van der Waals surface area contributed by atoms with E-state index in [-0.39, 0.29) is 49.2 Å². The van der Waals surface area contributed by atoms with Crippen LogP contribution in [0.4, 0.5) is 0 Å². The summed E-state index contributed by atoms with van der Waals surface area (Å²) in [5.74, 6) is 0.235. The molecule has 0 aromatic heterocycles. The summed E-state index contributed by atoms with van der Waals surface area (Å²) in [6.07, 6.45) is 29.8. The Labute approximate surface area is 272 Å². The second-order valence-corrected chi connectivity index (χ2v) is 11.2. The molecule has 0 fully saturated rings. The van der Waals surface area contributed by atoms with Crippen LogP contribution in [0, 0.1) is 0 Å². The molecule has 0 aliphatic carbocycles. The number of unbranched alkanes of at least 4 members (excludes halogenated alkanes) is 18. The van der Waals surface area contributed by atoms with Crippen LogP contribution >= 0.6 is 0 Å². The van der Waals surface area contributed by atoms with Crippen LogP contribution in [0.5, 0.6) is 11.5 Å². The molecule has 2 aromatic carbocycles. The van der Waals surface area contributed by atoms with E-state index in [0.29, 0.717) is 0 Å². The molecule has 0 N–H and O–H groups in total. The zero-order chi connectivity index (χ0) is 27.5. The smallest absolute Gasteiger partial charge is 0.872 e. The van der Waals surface area contributed by atoms with Crippen LogP contribution < -0.4 is 10.2 Å². The van der Waals surface area contributed by atoms with E-state index < -0.39 is 0 Å². The Balaban J connectivity index is 0.000000722.